The Morgan fingerprint density at radius 1 is 1.45 bits per heavy atom. The van der Waals surface area contributed by atoms with Crippen LogP contribution in [-0.2, 0) is 13.0 Å². The molecule has 2 aromatic rings. The molecule has 0 saturated carbocycles. The van der Waals surface area contributed by atoms with Crippen LogP contribution < -0.4 is 15.4 Å². The minimum Gasteiger partial charge on any atom is -0.481 e. The highest BCUT2D eigenvalue weighted by atomic mass is 32.1. The van der Waals surface area contributed by atoms with Gasteiger partial charge in [0.2, 0.25) is 5.88 Å². The van der Waals surface area contributed by atoms with Crippen LogP contribution in [0.25, 0.3) is 0 Å². The third-order valence-corrected chi connectivity index (χ3v) is 4.77. The van der Waals surface area contributed by atoms with Crippen molar-refractivity contribution in [2.45, 2.75) is 31.8 Å². The van der Waals surface area contributed by atoms with E-state index in [1.807, 2.05) is 12.1 Å². The fraction of sp³-hybridized carbons (Fsp3) is 0.375. The SMILES string of the molecule is COc1cccc(CNC(=O)NC2CCCc3sccc32)n1. The molecule has 1 aliphatic rings. The Morgan fingerprint density at radius 3 is 3.23 bits per heavy atom. The minimum atomic E-state index is -0.159. The summed E-state index contributed by atoms with van der Waals surface area (Å²) in [6, 6.07) is 7.58. The maximum Gasteiger partial charge on any atom is 0.315 e. The number of nitrogens with one attached hydrogen (secondary N) is 2. The van der Waals surface area contributed by atoms with E-state index in [0.29, 0.717) is 12.4 Å². The first kappa shape index (κ1) is 14.8. The van der Waals surface area contributed by atoms with Gasteiger partial charge in [0.15, 0.2) is 0 Å². The average Bonchev–Trinajstić information content (AvgIpc) is 3.03. The molecule has 2 amide bonds. The van der Waals surface area contributed by atoms with Gasteiger partial charge in [-0.2, -0.15) is 0 Å². The molecular weight excluding hydrogens is 298 g/mol. The molecule has 2 aromatic heterocycles. The van der Waals surface area contributed by atoms with Gasteiger partial charge in [-0.15, -0.1) is 11.3 Å². The zero-order valence-electron chi connectivity index (χ0n) is 12.5. The number of thiophene rings is 1. The van der Waals surface area contributed by atoms with Crippen LogP contribution in [0.1, 0.15) is 35.0 Å². The summed E-state index contributed by atoms with van der Waals surface area (Å²) in [5, 5.41) is 8.01. The highest BCUT2D eigenvalue weighted by molar-refractivity contribution is 7.10. The van der Waals surface area contributed by atoms with Gasteiger partial charge in [0.25, 0.3) is 0 Å². The highest BCUT2D eigenvalue weighted by Crippen LogP contribution is 2.33. The van der Waals surface area contributed by atoms with Gasteiger partial charge < -0.3 is 15.4 Å². The Hall–Kier alpha value is -2.08. The standard InChI is InChI=1S/C16H19N3O2S/c1-21-15-7-2-4-11(18-15)10-17-16(20)19-13-5-3-6-14-12(13)8-9-22-14/h2,4,7-9,13H,3,5-6,10H2,1H3,(H2,17,19,20). The summed E-state index contributed by atoms with van der Waals surface area (Å²) in [5.74, 6) is 0.551. The molecule has 116 valence electrons. The lowest BCUT2D eigenvalue weighted by Crippen LogP contribution is -2.38. The van der Waals surface area contributed by atoms with Crippen molar-refractivity contribution in [3.05, 3.63) is 45.8 Å². The van der Waals surface area contributed by atoms with E-state index in [1.165, 1.54) is 10.4 Å². The molecule has 22 heavy (non-hydrogen) atoms. The van der Waals surface area contributed by atoms with Crippen LogP contribution in [0.15, 0.2) is 29.6 Å². The molecule has 0 aromatic carbocycles. The molecule has 2 heterocycles. The summed E-state index contributed by atoms with van der Waals surface area (Å²) < 4.78 is 5.08. The molecule has 6 heteroatoms. The number of rotatable bonds is 4. The molecule has 5 nitrogen and oxygen atoms in total. The number of aromatic nitrogens is 1. The van der Waals surface area contributed by atoms with Crippen molar-refractivity contribution in [3.8, 4) is 5.88 Å². The number of ether oxygens (including phenoxy) is 1. The second kappa shape index (κ2) is 6.79. The monoisotopic (exact) mass is 317 g/mol. The summed E-state index contributed by atoms with van der Waals surface area (Å²) in [4.78, 5) is 17.8. The predicted octanol–water partition coefficient (Wildman–Crippen LogP) is 3.03. The number of carbonyl (C=O) groups excluding carboxylic acids is 1. The highest BCUT2D eigenvalue weighted by Gasteiger charge is 2.22. The fourth-order valence-electron chi connectivity index (χ4n) is 2.69. The van der Waals surface area contributed by atoms with Crippen molar-refractivity contribution in [1.29, 1.82) is 0 Å². The Morgan fingerprint density at radius 2 is 2.36 bits per heavy atom. The van der Waals surface area contributed by atoms with E-state index in [9.17, 15) is 4.79 Å². The number of nitrogens with zero attached hydrogens (tertiary/aromatic N) is 1. The lowest BCUT2D eigenvalue weighted by molar-refractivity contribution is 0.235. The lowest BCUT2D eigenvalue weighted by Gasteiger charge is -2.23. The number of urea groups is 1. The predicted molar refractivity (Wildman–Crippen MR) is 86.2 cm³/mol. The Labute approximate surface area is 133 Å². The van der Waals surface area contributed by atoms with Gasteiger partial charge in [0.1, 0.15) is 0 Å². The van der Waals surface area contributed by atoms with Crippen molar-refractivity contribution >= 4 is 17.4 Å². The first-order chi connectivity index (χ1) is 10.8. The number of pyridine rings is 1. The van der Waals surface area contributed by atoms with Gasteiger partial charge >= 0.3 is 6.03 Å². The molecule has 0 saturated heterocycles. The van der Waals surface area contributed by atoms with E-state index < -0.39 is 0 Å². The molecule has 1 aliphatic carbocycles. The maximum atomic E-state index is 12.1. The van der Waals surface area contributed by atoms with Crippen molar-refractivity contribution in [1.82, 2.24) is 15.6 Å². The van der Waals surface area contributed by atoms with E-state index in [-0.39, 0.29) is 12.1 Å². The maximum absolute atomic E-state index is 12.1. The lowest BCUT2D eigenvalue weighted by atomic mass is 9.94. The summed E-state index contributed by atoms with van der Waals surface area (Å²) in [5.41, 5.74) is 2.04. The van der Waals surface area contributed by atoms with Gasteiger partial charge in [0.05, 0.1) is 25.4 Å². The van der Waals surface area contributed by atoms with E-state index in [0.717, 1.165) is 25.0 Å². The molecule has 0 aliphatic heterocycles. The molecular formula is C16H19N3O2S. The van der Waals surface area contributed by atoms with Crippen molar-refractivity contribution in [2.24, 2.45) is 0 Å². The van der Waals surface area contributed by atoms with Gasteiger partial charge in [-0.05, 0) is 42.3 Å². The van der Waals surface area contributed by atoms with E-state index >= 15 is 0 Å². The summed E-state index contributed by atoms with van der Waals surface area (Å²) in [7, 11) is 1.58. The van der Waals surface area contributed by atoms with Crippen LogP contribution in [-0.4, -0.2) is 18.1 Å². The third-order valence-electron chi connectivity index (χ3n) is 3.78. The first-order valence-corrected chi connectivity index (χ1v) is 8.25. The quantitative estimate of drug-likeness (QED) is 0.911. The number of carbonyl (C=O) groups is 1. The largest absolute Gasteiger partial charge is 0.481 e. The third kappa shape index (κ3) is 3.39. The summed E-state index contributed by atoms with van der Waals surface area (Å²) in [6.07, 6.45) is 3.24. The van der Waals surface area contributed by atoms with E-state index in [1.54, 1.807) is 24.5 Å². The number of aryl methyl sites for hydroxylation is 1. The molecule has 0 radical (unpaired) electrons. The van der Waals surface area contributed by atoms with Crippen LogP contribution in [0.4, 0.5) is 4.79 Å². The minimum absolute atomic E-state index is 0.119. The van der Waals surface area contributed by atoms with Gasteiger partial charge in [-0.3, -0.25) is 0 Å². The fourth-order valence-corrected chi connectivity index (χ4v) is 3.67. The Balaban J connectivity index is 1.55. The summed E-state index contributed by atoms with van der Waals surface area (Å²) >= 11 is 1.77. The van der Waals surface area contributed by atoms with Crippen LogP contribution in [0.3, 0.4) is 0 Å². The van der Waals surface area contributed by atoms with Crippen LogP contribution in [0, 0.1) is 0 Å². The smallest absolute Gasteiger partial charge is 0.315 e. The van der Waals surface area contributed by atoms with Crippen LogP contribution in [0.2, 0.25) is 0 Å². The van der Waals surface area contributed by atoms with Gasteiger partial charge in [0, 0.05) is 10.9 Å². The molecule has 0 spiro atoms. The second-order valence-electron chi connectivity index (χ2n) is 5.24. The first-order valence-electron chi connectivity index (χ1n) is 7.37. The normalized spacial score (nSPS) is 16.7. The zero-order chi connectivity index (χ0) is 15.4. The molecule has 0 bridgehead atoms. The van der Waals surface area contributed by atoms with E-state index in [2.05, 4.69) is 27.1 Å². The van der Waals surface area contributed by atoms with Gasteiger partial charge in [-0.25, -0.2) is 9.78 Å². The Bertz CT molecular complexity index is 656. The number of amides is 2. The summed E-state index contributed by atoms with van der Waals surface area (Å²) in [6.45, 7) is 0.381. The van der Waals surface area contributed by atoms with Crippen molar-refractivity contribution in [2.75, 3.05) is 7.11 Å². The van der Waals surface area contributed by atoms with Crippen LogP contribution in [0.5, 0.6) is 5.88 Å². The zero-order valence-corrected chi connectivity index (χ0v) is 13.3. The number of hydrogen-bond donors (Lipinski definition) is 2. The van der Waals surface area contributed by atoms with Crippen molar-refractivity contribution in [3.63, 3.8) is 0 Å². The molecule has 1 unspecified atom stereocenters. The topological polar surface area (TPSA) is 63.2 Å². The molecule has 1 atom stereocenters. The van der Waals surface area contributed by atoms with E-state index in [4.69, 9.17) is 4.74 Å². The van der Waals surface area contributed by atoms with Crippen LogP contribution >= 0.6 is 11.3 Å². The second-order valence-corrected chi connectivity index (χ2v) is 6.24. The molecule has 2 N–H and O–H groups in total. The molecule has 3 rings (SSSR count). The molecule has 0 fully saturated rings. The Kier molecular flexibility index (Phi) is 4.58. The van der Waals surface area contributed by atoms with Gasteiger partial charge in [-0.1, -0.05) is 6.07 Å². The number of fused-ring (bicyclic) bond motifs is 1. The van der Waals surface area contributed by atoms with Crippen molar-refractivity contribution < 1.29 is 9.53 Å². The number of hydrogen-bond acceptors (Lipinski definition) is 4. The average molecular weight is 317 g/mol. The number of methoxy groups -OCH3 is 1.